The largest absolute Gasteiger partial charge is 0.493 e. The van der Waals surface area contributed by atoms with Gasteiger partial charge in [-0.15, -0.1) is 10.2 Å². The number of nitrogens with two attached hydrogens (primary N) is 1. The van der Waals surface area contributed by atoms with Gasteiger partial charge in [-0.05, 0) is 110 Å². The van der Waals surface area contributed by atoms with Crippen LogP contribution in [0.3, 0.4) is 0 Å². The summed E-state index contributed by atoms with van der Waals surface area (Å²) in [5, 5.41) is 24.9. The number of carbonyl (C=O) groups is 11. The van der Waals surface area contributed by atoms with Gasteiger partial charge in [0.05, 0.1) is 55.5 Å². The topological polar surface area (TPSA) is 341 Å². The predicted octanol–water partition coefficient (Wildman–Crippen LogP) is 9.96. The molecular formula is C75H111N9O16. The molecular weight excluding hydrogens is 1280 g/mol. The molecule has 2 aliphatic rings. The minimum Gasteiger partial charge on any atom is -0.493 e. The molecule has 0 spiro atoms. The summed E-state index contributed by atoms with van der Waals surface area (Å²) in [5.74, 6) is -4.72. The first-order valence-electron chi connectivity index (χ1n) is 35.1. The third-order valence-electron chi connectivity index (χ3n) is 19.2. The van der Waals surface area contributed by atoms with Gasteiger partial charge >= 0.3 is 12.1 Å². The Bertz CT molecular complexity index is 3200. The zero-order chi connectivity index (χ0) is 74.7. The fourth-order valence-electron chi connectivity index (χ4n) is 13.1. The smallest absolute Gasteiger partial charge is 0.410 e. The molecule has 12 atom stereocenters. The van der Waals surface area contributed by atoms with E-state index in [9.17, 15) is 57.8 Å². The number of likely N-dealkylation sites (tertiary alicyclic amines) is 1. The predicted molar refractivity (Wildman–Crippen MR) is 378 cm³/mol. The van der Waals surface area contributed by atoms with Crippen LogP contribution in [0.15, 0.2) is 89.1 Å². The van der Waals surface area contributed by atoms with Gasteiger partial charge in [-0.3, -0.25) is 48.5 Å². The lowest BCUT2D eigenvalue weighted by Crippen LogP contribution is -2.54. The molecule has 2 heterocycles. The number of ether oxygens (including phenoxy) is 4. The second kappa shape index (κ2) is 41.6. The number of ketones is 3. The van der Waals surface area contributed by atoms with E-state index in [-0.39, 0.29) is 129 Å². The quantitative estimate of drug-likeness (QED) is 0.0263. The van der Waals surface area contributed by atoms with Crippen LogP contribution in [0.4, 0.5) is 15.3 Å². The molecule has 6 N–H and O–H groups in total. The molecule has 5 rings (SSSR count). The van der Waals surface area contributed by atoms with E-state index in [1.807, 2.05) is 81.8 Å². The Labute approximate surface area is 590 Å². The normalized spacial score (nSPS) is 17.1. The average molecular weight is 1390 g/mol. The number of aliphatic hydroxyl groups is 1. The highest BCUT2D eigenvalue weighted by atomic mass is 16.6. The van der Waals surface area contributed by atoms with E-state index >= 15 is 0 Å². The van der Waals surface area contributed by atoms with Crippen molar-refractivity contribution in [2.75, 3.05) is 53.3 Å². The molecule has 0 saturated carbocycles. The summed E-state index contributed by atoms with van der Waals surface area (Å²) in [6.45, 7) is 23.6. The van der Waals surface area contributed by atoms with Gasteiger partial charge in [0.1, 0.15) is 29.8 Å². The van der Waals surface area contributed by atoms with E-state index < -0.39 is 83.9 Å². The van der Waals surface area contributed by atoms with Gasteiger partial charge in [0.25, 0.3) is 11.8 Å². The van der Waals surface area contributed by atoms with Crippen molar-refractivity contribution in [2.45, 2.75) is 202 Å². The van der Waals surface area contributed by atoms with Crippen LogP contribution in [0.5, 0.6) is 5.75 Å². The molecule has 0 aliphatic carbocycles. The maximum atomic E-state index is 13.9. The molecule has 552 valence electrons. The number of hydrogen-bond acceptors (Lipinski definition) is 17. The zero-order valence-electron chi connectivity index (χ0n) is 61.5. The van der Waals surface area contributed by atoms with Gasteiger partial charge in [-0.25, -0.2) is 9.59 Å². The highest BCUT2D eigenvalue weighted by molar-refractivity contribution is 6.10. The summed E-state index contributed by atoms with van der Waals surface area (Å²) in [5.41, 5.74) is 8.43. The van der Waals surface area contributed by atoms with Crippen molar-refractivity contribution in [3.63, 3.8) is 0 Å². The lowest BCUT2D eigenvalue weighted by atomic mass is 9.85. The maximum Gasteiger partial charge on any atom is 0.410 e. The number of rotatable bonds is 38. The number of aliphatic hydroxyl groups excluding tert-OH is 1. The van der Waals surface area contributed by atoms with Crippen LogP contribution in [0.25, 0.3) is 0 Å². The standard InChI is InChI=1S/C39H51N7O10.C36H60N2O6/c1-22(2)30(20-28(48)17-19-55-29-15-11-26(12-16-29)32-36(51)44-45-37(32)52)34(49)43-38(53)41-18-7-8-31(40)35(50)42-27-13-9-25(10-14-27)21-56-39(54)46(6)33(23(3)4)24(5)47;1-11-24(5)33(37(8)36(42)28(12-2)23(3)4)31(43-9)22-32(40)38-20-16-19-29(38)35(44-10)26(7)30(39)21-25(6)34(41)27-17-14-13-15-18-27/h9-16,22-23,30-33H,7-8,17-21,40H2,1-6H3,(H,42,50)(H2,41,43,49,53);13-15,17-18,23-26,28-29,31,33-35,41H,11-12,16,19-22H2,1-10H3/t30-,31?,33-;24-,25-,26-,28-,29-,31?,33-,34+,35+/m00/s1. The summed E-state index contributed by atoms with van der Waals surface area (Å²) >= 11 is 0. The van der Waals surface area contributed by atoms with E-state index in [4.69, 9.17) is 24.7 Å². The van der Waals surface area contributed by atoms with Gasteiger partial charge in [0, 0.05) is 84.1 Å². The number of urea groups is 1. The number of amides is 9. The van der Waals surface area contributed by atoms with Crippen molar-refractivity contribution in [1.82, 2.24) is 25.3 Å². The fraction of sp³-hybridized carbons (Fsp3) is 0.613. The Morgan fingerprint density at radius 3 is 1.90 bits per heavy atom. The lowest BCUT2D eigenvalue weighted by Gasteiger charge is -2.40. The molecule has 1 fully saturated rings. The molecule has 2 unspecified atom stereocenters. The number of benzene rings is 3. The third kappa shape index (κ3) is 24.9. The number of azo groups is 1. The molecule has 100 heavy (non-hydrogen) atoms. The van der Waals surface area contributed by atoms with Crippen molar-refractivity contribution in [1.29, 1.82) is 0 Å². The van der Waals surface area contributed by atoms with Gasteiger partial charge in [-0.2, -0.15) is 0 Å². The SMILES string of the molecule is CC(=O)[C@H](C(C)C)N(C)C(=O)OCc1ccc(NC(=O)C(N)CCCNC(=O)NC(=O)[C@@H](CC(=O)CCOc2ccc(C3C(=O)N=NC3=O)cc2)C(C)C)cc1.CC[C@H](C(=O)N(C)[C@H](C(CC(=O)N1CCC[C@H]1[C@H](OC)[C@@H](C)C(=O)C[C@H](C)[C@@H](O)c1ccccc1)OC)[C@@H](C)CC)C(C)C. The molecule has 1 saturated heterocycles. The van der Waals surface area contributed by atoms with Crippen LogP contribution in [-0.2, 0) is 64.0 Å². The Balaban J connectivity index is 0.000000437. The maximum absolute atomic E-state index is 13.9. The van der Waals surface area contributed by atoms with Gasteiger partial charge < -0.3 is 55.1 Å². The second-order valence-electron chi connectivity index (χ2n) is 27.6. The Hall–Kier alpha value is -8.13. The summed E-state index contributed by atoms with van der Waals surface area (Å²) in [4.78, 5) is 144. The first-order valence-corrected chi connectivity index (χ1v) is 35.1. The van der Waals surface area contributed by atoms with Gasteiger partial charge in [0.15, 0.2) is 5.78 Å². The molecule has 0 aromatic heterocycles. The lowest BCUT2D eigenvalue weighted by molar-refractivity contribution is -0.148. The third-order valence-corrected chi connectivity index (χ3v) is 19.2. The Kier molecular flexibility index (Phi) is 35.0. The van der Waals surface area contributed by atoms with E-state index in [0.717, 1.165) is 31.2 Å². The van der Waals surface area contributed by atoms with Crippen LogP contribution in [0, 0.1) is 47.3 Å². The number of Topliss-reactive ketones (excluding diaryl/α,β-unsaturated/α-hetero) is 3. The number of anilines is 1. The van der Waals surface area contributed by atoms with E-state index in [1.165, 1.54) is 18.9 Å². The summed E-state index contributed by atoms with van der Waals surface area (Å²) in [7, 11) is 6.60. The van der Waals surface area contributed by atoms with E-state index in [1.54, 1.807) is 76.6 Å². The second-order valence-corrected chi connectivity index (χ2v) is 27.6. The molecule has 3 aromatic rings. The fourth-order valence-corrected chi connectivity index (χ4v) is 13.1. The van der Waals surface area contributed by atoms with Crippen LogP contribution < -0.4 is 26.4 Å². The van der Waals surface area contributed by atoms with Crippen molar-refractivity contribution in [3.8, 4) is 5.75 Å². The molecule has 0 radical (unpaired) electrons. The highest BCUT2D eigenvalue weighted by Crippen LogP contribution is 2.34. The number of carbonyl (C=O) groups excluding carboxylic acids is 11. The van der Waals surface area contributed by atoms with Crippen LogP contribution >= 0.6 is 0 Å². The number of hydrogen-bond donors (Lipinski definition) is 5. The van der Waals surface area contributed by atoms with Crippen LogP contribution in [0.1, 0.15) is 176 Å². The zero-order valence-corrected chi connectivity index (χ0v) is 61.5. The molecule has 0 bridgehead atoms. The van der Waals surface area contributed by atoms with Crippen molar-refractivity contribution in [2.24, 2.45) is 63.3 Å². The van der Waals surface area contributed by atoms with Crippen molar-refractivity contribution >= 4 is 70.6 Å². The Morgan fingerprint density at radius 1 is 0.730 bits per heavy atom. The first-order chi connectivity index (χ1) is 47.3. The summed E-state index contributed by atoms with van der Waals surface area (Å²) in [6, 6.07) is 19.6. The highest BCUT2D eigenvalue weighted by Gasteiger charge is 2.43. The number of nitrogens with zero attached hydrogens (tertiary/aromatic N) is 5. The number of imide groups is 1. The van der Waals surface area contributed by atoms with Gasteiger partial charge in [-0.1, -0.05) is 137 Å². The number of methoxy groups -OCH3 is 2. The first kappa shape index (κ1) is 84.3. The monoisotopic (exact) mass is 1390 g/mol. The van der Waals surface area contributed by atoms with E-state index in [0.29, 0.717) is 35.5 Å². The van der Waals surface area contributed by atoms with Crippen LogP contribution in [-0.4, -0.2) is 169 Å². The van der Waals surface area contributed by atoms with E-state index in [2.05, 4.69) is 53.9 Å². The molecule has 25 nitrogen and oxygen atoms in total. The summed E-state index contributed by atoms with van der Waals surface area (Å²) < 4.78 is 22.9. The molecule has 3 aromatic carbocycles. The molecule has 9 amide bonds. The summed E-state index contributed by atoms with van der Waals surface area (Å²) in [6.07, 6.45) is 1.78. The number of nitrogens with one attached hydrogen (secondary N) is 3. The molecule has 25 heteroatoms. The Morgan fingerprint density at radius 2 is 1.35 bits per heavy atom. The van der Waals surface area contributed by atoms with Crippen LogP contribution in [0.2, 0.25) is 0 Å². The molecule has 2 aliphatic heterocycles. The number of likely N-dealkylation sites (N-methyl/N-ethyl adjacent to an activating group) is 2. The average Bonchev–Trinajstić information content (AvgIpc) is 1.37. The van der Waals surface area contributed by atoms with Crippen molar-refractivity contribution < 1.29 is 76.8 Å². The minimum absolute atomic E-state index is 0.0130. The minimum atomic E-state index is -1.05. The van der Waals surface area contributed by atoms with Crippen molar-refractivity contribution in [3.05, 3.63) is 95.6 Å². The van der Waals surface area contributed by atoms with Gasteiger partial charge in [0.2, 0.25) is 23.6 Å².